The summed E-state index contributed by atoms with van der Waals surface area (Å²) in [6.07, 6.45) is 51.0. The molecule has 1 N–H and O–H groups in total. The van der Waals surface area contributed by atoms with Gasteiger partial charge in [0.1, 0.15) is 0 Å². The SMILES string of the molecule is C.C1=CC2CCC(CCC3CCC4C=CC=CC43)C2C=C1.C1CCC2C(C1)CCC2CCC1CCC2CCCCC21.CC(C)(C)C(=O)O.CC(C)(C)C(=O)[O-].CCC.[CH3-].[CH3-].[K+].[Zr+2]. The summed E-state index contributed by atoms with van der Waals surface area (Å²) in [7, 11) is 0. The fourth-order valence-electron chi connectivity index (χ4n) is 12.1. The van der Waals surface area contributed by atoms with E-state index >= 15 is 0 Å². The maximum atomic E-state index is 10.0. The van der Waals surface area contributed by atoms with Crippen molar-refractivity contribution in [3.63, 3.8) is 0 Å². The topological polar surface area (TPSA) is 77.4 Å². The van der Waals surface area contributed by atoms with Gasteiger partial charge in [0.05, 0.1) is 5.41 Å². The molecule has 0 aromatic heterocycles. The Hall–Kier alpha value is 0.419. The first-order valence-corrected chi connectivity index (χ1v) is 24.3. The minimum absolute atomic E-state index is 0. The normalized spacial score (nSPS) is 32.8. The molecule has 0 aliphatic heterocycles. The van der Waals surface area contributed by atoms with Crippen LogP contribution in [-0.2, 0) is 35.8 Å². The van der Waals surface area contributed by atoms with Gasteiger partial charge >= 0.3 is 83.6 Å². The van der Waals surface area contributed by atoms with Gasteiger partial charge in [-0.15, -0.1) is 0 Å². The van der Waals surface area contributed by atoms with E-state index in [2.05, 4.69) is 62.5 Å². The van der Waals surface area contributed by atoms with Gasteiger partial charge in [-0.3, -0.25) is 4.79 Å². The van der Waals surface area contributed by atoms with Crippen molar-refractivity contribution in [2.75, 3.05) is 0 Å². The molecule has 8 rings (SSSR count). The van der Waals surface area contributed by atoms with E-state index in [1.807, 2.05) is 0 Å². The third-order valence-corrected chi connectivity index (χ3v) is 15.5. The molecular weight excluding hydrogens is 867 g/mol. The molecule has 0 bridgehead atoms. The van der Waals surface area contributed by atoms with Crippen molar-refractivity contribution in [1.82, 2.24) is 0 Å². The first-order chi connectivity index (χ1) is 27.1. The predicted octanol–water partition coefficient (Wildman–Crippen LogP) is 12.4. The van der Waals surface area contributed by atoms with Gasteiger partial charge < -0.3 is 29.9 Å². The Kier molecular flexibility index (Phi) is 33.5. The molecule has 6 saturated carbocycles. The van der Waals surface area contributed by atoms with Gasteiger partial charge in [0.2, 0.25) is 0 Å². The van der Waals surface area contributed by atoms with Crippen LogP contribution in [0.5, 0.6) is 0 Å². The molecule has 8 aliphatic rings. The first kappa shape index (κ1) is 64.5. The molecule has 0 spiro atoms. The fraction of sp³-hybridized carbons (Fsp3) is 0.786. The van der Waals surface area contributed by atoms with E-state index in [4.69, 9.17) is 5.11 Å². The Morgan fingerprint density at radius 1 is 0.532 bits per heavy atom. The number of hydrogen-bond donors (Lipinski definition) is 1. The van der Waals surface area contributed by atoms with Crippen LogP contribution in [0.3, 0.4) is 0 Å². The number of carbonyl (C=O) groups is 2. The molecule has 0 aromatic carbocycles. The van der Waals surface area contributed by atoms with Crippen LogP contribution >= 0.6 is 0 Å². The number of rotatable bonds is 6. The molecule has 6 fully saturated rings. The number of allylic oxidation sites excluding steroid dienone is 8. The summed E-state index contributed by atoms with van der Waals surface area (Å²) >= 11 is 0. The van der Waals surface area contributed by atoms with Gasteiger partial charge in [0.25, 0.3) is 0 Å². The smallest absolute Gasteiger partial charge is 0.550 e. The fourth-order valence-corrected chi connectivity index (χ4v) is 12.1. The van der Waals surface area contributed by atoms with Crippen LogP contribution in [0.1, 0.15) is 198 Å². The monoisotopic (exact) mass is 963 g/mol. The molecule has 0 saturated heterocycles. The van der Waals surface area contributed by atoms with E-state index in [1.165, 1.54) is 44.9 Å². The van der Waals surface area contributed by atoms with E-state index < -0.39 is 22.8 Å². The quantitative estimate of drug-likeness (QED) is 0.213. The molecule has 4 nitrogen and oxygen atoms in total. The Bertz CT molecular complexity index is 1240. The summed E-state index contributed by atoms with van der Waals surface area (Å²) in [4.78, 5) is 19.9. The third-order valence-electron chi connectivity index (χ3n) is 15.5. The van der Waals surface area contributed by atoms with Crippen molar-refractivity contribution in [2.24, 2.45) is 81.8 Å². The Morgan fingerprint density at radius 3 is 1.15 bits per heavy atom. The molecular formula is C56H97KO4Zr. The molecule has 0 amide bonds. The summed E-state index contributed by atoms with van der Waals surface area (Å²) in [5.41, 5.74) is -1.28. The summed E-state index contributed by atoms with van der Waals surface area (Å²) in [6.45, 7) is 14.0. The predicted molar refractivity (Wildman–Crippen MR) is 258 cm³/mol. The van der Waals surface area contributed by atoms with Gasteiger partial charge in [-0.2, -0.15) is 0 Å². The van der Waals surface area contributed by atoms with E-state index in [1.54, 1.807) is 131 Å². The van der Waals surface area contributed by atoms with Crippen molar-refractivity contribution in [2.45, 2.75) is 198 Å². The maximum absolute atomic E-state index is 10.0. The maximum Gasteiger partial charge on any atom is 2.00 e. The molecule has 350 valence electrons. The molecule has 0 heterocycles. The Labute approximate surface area is 447 Å². The van der Waals surface area contributed by atoms with Crippen LogP contribution < -0.4 is 56.5 Å². The van der Waals surface area contributed by atoms with Crippen LogP contribution in [0, 0.1) is 96.7 Å². The van der Waals surface area contributed by atoms with E-state index in [9.17, 15) is 14.7 Å². The van der Waals surface area contributed by atoms with Crippen LogP contribution in [0.4, 0.5) is 0 Å². The van der Waals surface area contributed by atoms with Crippen molar-refractivity contribution in [3.8, 4) is 0 Å². The number of fused-ring (bicyclic) bond motifs is 4. The average molecular weight is 965 g/mol. The zero-order valence-electron chi connectivity index (χ0n) is 41.6. The second kappa shape index (κ2) is 32.2. The van der Waals surface area contributed by atoms with Gasteiger partial charge in [-0.05, 0) is 182 Å². The second-order valence-electron chi connectivity index (χ2n) is 21.7. The molecule has 0 radical (unpaired) electrons. The van der Waals surface area contributed by atoms with Crippen LogP contribution in [0.15, 0.2) is 48.6 Å². The summed E-state index contributed by atoms with van der Waals surface area (Å²) in [5.74, 6) is 10.5. The van der Waals surface area contributed by atoms with Crippen molar-refractivity contribution >= 4 is 11.9 Å². The largest absolute Gasteiger partial charge is 2.00 e. The third kappa shape index (κ3) is 20.3. The number of aliphatic carboxylic acids is 2. The van der Waals surface area contributed by atoms with Crippen LogP contribution in [0.25, 0.3) is 0 Å². The van der Waals surface area contributed by atoms with E-state index in [0.717, 1.165) is 71.0 Å². The molecule has 6 heteroatoms. The first-order valence-electron chi connectivity index (χ1n) is 24.3. The number of carboxylic acids is 2. The molecule has 8 aliphatic carbocycles. The van der Waals surface area contributed by atoms with Crippen LogP contribution in [-0.4, -0.2) is 17.0 Å². The van der Waals surface area contributed by atoms with Crippen molar-refractivity contribution in [3.05, 3.63) is 63.5 Å². The minimum Gasteiger partial charge on any atom is -0.550 e. The zero-order chi connectivity index (χ0) is 41.6. The number of carbonyl (C=O) groups excluding carboxylic acids is 1. The van der Waals surface area contributed by atoms with Gasteiger partial charge in [0, 0.05) is 11.4 Å². The molecule has 12 unspecified atom stereocenters. The van der Waals surface area contributed by atoms with E-state index in [-0.39, 0.29) is 99.9 Å². The Balaban J connectivity index is 0. The number of hydrogen-bond acceptors (Lipinski definition) is 3. The Morgan fingerprint density at radius 2 is 0.823 bits per heavy atom. The average Bonchev–Trinajstić information content (AvgIpc) is 3.99. The molecule has 12 atom stereocenters. The van der Waals surface area contributed by atoms with Gasteiger partial charge in [-0.25, -0.2) is 0 Å². The zero-order valence-corrected chi connectivity index (χ0v) is 47.1. The van der Waals surface area contributed by atoms with Crippen molar-refractivity contribution in [1.29, 1.82) is 0 Å². The van der Waals surface area contributed by atoms with Crippen molar-refractivity contribution < 1.29 is 97.4 Å². The standard InChI is InChI=1S/C20H34.C20H26.2C5H10O2.C3H8.CH4.2CH3.K.Zr/c2*1-3-7-19-15(5-1)9-11-17(19)13-14-18-12-10-16-6-2-4-8-20(16)18;2*1-5(2,3)4(6)7;1-3-2;;;;;/h15-20H,1-14H2;1-8,15-20H,9-14H2;2*1-3H3,(H,6,7);3H2,1-2H3;1H4;2*1H3;;/q;;;;;;2*-1;+1;+2/p-1. The minimum atomic E-state index is -1.01. The second-order valence-corrected chi connectivity index (χ2v) is 21.7. The number of carboxylic acid groups (broad SMARTS) is 2. The summed E-state index contributed by atoms with van der Waals surface area (Å²) in [5, 5.41) is 18.2. The summed E-state index contributed by atoms with van der Waals surface area (Å²) in [6, 6.07) is 0. The summed E-state index contributed by atoms with van der Waals surface area (Å²) < 4.78 is 0. The van der Waals surface area contributed by atoms with Gasteiger partial charge in [0.15, 0.2) is 0 Å². The van der Waals surface area contributed by atoms with Gasteiger partial charge in [-0.1, -0.05) is 136 Å². The van der Waals surface area contributed by atoms with Crippen LogP contribution in [0.2, 0.25) is 0 Å². The van der Waals surface area contributed by atoms with E-state index in [0.29, 0.717) is 0 Å². The molecule has 0 aromatic rings. The molecule has 62 heavy (non-hydrogen) atoms.